The fraction of sp³-hybridized carbons (Fsp3) is 0.182. The Kier molecular flexibility index (Phi) is 8.61. The smallest absolute Gasteiger partial charge is 0.324 e. The molecular formula is C22H18ClFN2O6S2. The molecule has 12 heteroatoms. The second kappa shape index (κ2) is 11.4. The normalized spacial score (nSPS) is 15.5. The molecule has 1 fully saturated rings. The highest BCUT2D eigenvalue weighted by Crippen LogP contribution is 2.33. The van der Waals surface area contributed by atoms with Crippen molar-refractivity contribution >= 4 is 64.0 Å². The van der Waals surface area contributed by atoms with Gasteiger partial charge >= 0.3 is 11.9 Å². The lowest BCUT2D eigenvalue weighted by Crippen LogP contribution is -2.33. The summed E-state index contributed by atoms with van der Waals surface area (Å²) in [6, 6.07) is 10.1. The fourth-order valence-corrected chi connectivity index (χ4v) is 4.40. The number of nitrogens with zero attached hydrogens (tertiary/aromatic N) is 1. The molecule has 2 N–H and O–H groups in total. The first-order valence-corrected chi connectivity index (χ1v) is 11.3. The maximum Gasteiger partial charge on any atom is 0.324 e. The minimum atomic E-state index is -1.18. The number of rotatable bonds is 9. The van der Waals surface area contributed by atoms with Gasteiger partial charge in [0.15, 0.2) is 11.6 Å². The van der Waals surface area contributed by atoms with Crippen LogP contribution in [0.4, 0.5) is 4.39 Å². The number of ether oxygens (including phenoxy) is 2. The molecule has 0 bridgehead atoms. The van der Waals surface area contributed by atoms with Crippen LogP contribution in [-0.4, -0.2) is 51.9 Å². The number of thiocarbonyl (C=S) groups is 1. The molecule has 1 saturated heterocycles. The number of aliphatic carboxylic acids is 1. The lowest BCUT2D eigenvalue weighted by Gasteiger charge is -2.13. The van der Waals surface area contributed by atoms with Crippen LogP contribution < -0.4 is 9.57 Å². The third-order valence-corrected chi connectivity index (χ3v) is 6.27. The summed E-state index contributed by atoms with van der Waals surface area (Å²) in [5, 5.41) is 8.90. The van der Waals surface area contributed by atoms with Crippen LogP contribution in [0, 0.1) is 5.82 Å². The zero-order valence-electron chi connectivity index (χ0n) is 17.6. The Balaban J connectivity index is 1.68. The summed E-state index contributed by atoms with van der Waals surface area (Å²) in [4.78, 5) is 38.4. The van der Waals surface area contributed by atoms with Crippen molar-refractivity contribution in [3.05, 3.63) is 64.3 Å². The minimum Gasteiger partial charge on any atom is -0.480 e. The zero-order chi connectivity index (χ0) is 24.8. The number of nitrogens with one attached hydrogen (secondary N) is 1. The van der Waals surface area contributed by atoms with E-state index in [1.54, 1.807) is 30.3 Å². The lowest BCUT2D eigenvalue weighted by molar-refractivity contribution is -0.142. The van der Waals surface area contributed by atoms with E-state index in [4.69, 9.17) is 33.8 Å². The van der Waals surface area contributed by atoms with Crippen LogP contribution in [0.1, 0.15) is 11.1 Å². The third kappa shape index (κ3) is 6.32. The van der Waals surface area contributed by atoms with Gasteiger partial charge in [0.2, 0.25) is 0 Å². The minimum absolute atomic E-state index is 0.0295. The molecule has 1 aliphatic rings. The number of esters is 1. The summed E-state index contributed by atoms with van der Waals surface area (Å²) in [5.41, 5.74) is 1.17. The molecule has 0 spiro atoms. The quantitative estimate of drug-likeness (QED) is 0.220. The number of benzene rings is 2. The summed E-state index contributed by atoms with van der Waals surface area (Å²) in [5.74, 6) is -2.54. The van der Waals surface area contributed by atoms with Gasteiger partial charge in [-0.15, -0.1) is 0 Å². The zero-order valence-corrected chi connectivity index (χ0v) is 20.0. The monoisotopic (exact) mass is 524 g/mol. The van der Waals surface area contributed by atoms with Gasteiger partial charge in [0.1, 0.15) is 22.7 Å². The molecule has 2 aromatic carbocycles. The summed E-state index contributed by atoms with van der Waals surface area (Å²) in [6.45, 7) is -0.534. The first-order chi connectivity index (χ1) is 16.2. The van der Waals surface area contributed by atoms with Crippen molar-refractivity contribution in [3.8, 4) is 11.5 Å². The highest BCUT2D eigenvalue weighted by atomic mass is 35.5. The number of carbonyl (C=O) groups excluding carboxylic acids is 2. The van der Waals surface area contributed by atoms with Crippen molar-refractivity contribution in [3.63, 3.8) is 0 Å². The highest BCUT2D eigenvalue weighted by Gasteiger charge is 2.33. The van der Waals surface area contributed by atoms with Crippen LogP contribution in [0.5, 0.6) is 11.5 Å². The van der Waals surface area contributed by atoms with Crippen molar-refractivity contribution < 1.29 is 33.4 Å². The number of amides is 1. The van der Waals surface area contributed by atoms with E-state index in [2.05, 4.69) is 9.57 Å². The summed E-state index contributed by atoms with van der Waals surface area (Å²) >= 11 is 11.6. The van der Waals surface area contributed by atoms with Gasteiger partial charge in [-0.2, -0.15) is 0 Å². The number of carboxylic acids is 1. The van der Waals surface area contributed by atoms with Gasteiger partial charge in [-0.05, 0) is 59.7 Å². The van der Waals surface area contributed by atoms with Crippen LogP contribution in [0.2, 0.25) is 0 Å². The maximum atomic E-state index is 14.6. The molecule has 0 unspecified atom stereocenters. The van der Waals surface area contributed by atoms with E-state index < -0.39 is 36.2 Å². The van der Waals surface area contributed by atoms with E-state index in [-0.39, 0.29) is 21.4 Å². The first-order valence-electron chi connectivity index (χ1n) is 9.69. The van der Waals surface area contributed by atoms with Crippen molar-refractivity contribution in [2.24, 2.45) is 0 Å². The molecule has 178 valence electrons. The van der Waals surface area contributed by atoms with Crippen LogP contribution in [0.3, 0.4) is 0 Å². The number of hydrogen-bond donors (Lipinski definition) is 2. The average molecular weight is 525 g/mol. The van der Waals surface area contributed by atoms with Gasteiger partial charge in [-0.3, -0.25) is 19.3 Å². The molecular weight excluding hydrogens is 507 g/mol. The van der Waals surface area contributed by atoms with Gasteiger partial charge in [-0.1, -0.05) is 42.2 Å². The number of hydrogen-bond acceptors (Lipinski definition) is 8. The molecule has 2 aromatic rings. The predicted molar refractivity (Wildman–Crippen MR) is 129 cm³/mol. The molecule has 3 rings (SSSR count). The summed E-state index contributed by atoms with van der Waals surface area (Å²) in [6.07, 6.45) is 1.73. The van der Waals surface area contributed by atoms with Crippen LogP contribution >= 0.6 is 35.8 Å². The van der Waals surface area contributed by atoms with E-state index in [9.17, 15) is 18.8 Å². The van der Waals surface area contributed by atoms with E-state index >= 15 is 0 Å². The van der Waals surface area contributed by atoms with Crippen molar-refractivity contribution in [1.82, 2.24) is 9.74 Å². The van der Waals surface area contributed by atoms with Crippen LogP contribution in [0.15, 0.2) is 47.4 Å². The summed E-state index contributed by atoms with van der Waals surface area (Å²) in [7, 11) is 1.27. The van der Waals surface area contributed by atoms with Crippen LogP contribution in [-0.2, 0) is 25.5 Å². The molecule has 0 saturated carbocycles. The van der Waals surface area contributed by atoms with Crippen molar-refractivity contribution in [2.45, 2.75) is 12.5 Å². The molecule has 1 atom stereocenters. The number of thioether (sulfide) groups is 1. The fourth-order valence-electron chi connectivity index (χ4n) is 2.98. The molecule has 0 aliphatic carbocycles. The molecule has 0 radical (unpaired) electrons. The van der Waals surface area contributed by atoms with E-state index in [1.165, 1.54) is 25.3 Å². The molecule has 0 aromatic heterocycles. The molecule has 8 nitrogen and oxygen atoms in total. The lowest BCUT2D eigenvalue weighted by atomic mass is 10.1. The van der Waals surface area contributed by atoms with E-state index in [1.807, 2.05) is 0 Å². The first kappa shape index (κ1) is 25.6. The number of carbonyl (C=O) groups is 3. The Morgan fingerprint density at radius 2 is 2.00 bits per heavy atom. The Morgan fingerprint density at radius 3 is 2.59 bits per heavy atom. The van der Waals surface area contributed by atoms with Gasteiger partial charge in [0, 0.05) is 0 Å². The van der Waals surface area contributed by atoms with E-state index in [0.29, 0.717) is 11.3 Å². The largest absolute Gasteiger partial charge is 0.480 e. The second-order valence-electron chi connectivity index (χ2n) is 6.99. The standard InChI is InChI=1S/C22H18ClFN2O6S2/c1-31-21(30)16(25-23)9-12-2-5-14(6-3-12)32-17-7-4-13(8-15(17)24)10-18-20(29)26(11-19(27)28)22(33)34-18/h2-8,10,16,25H,9,11H2,1H3,(H,27,28)/b18-10-/t16-/m0/s1. The highest BCUT2D eigenvalue weighted by molar-refractivity contribution is 8.26. The van der Waals surface area contributed by atoms with Gasteiger partial charge in [0.25, 0.3) is 5.91 Å². The number of methoxy groups -OCH3 is 1. The third-order valence-electron chi connectivity index (χ3n) is 4.63. The average Bonchev–Trinajstić information content (AvgIpc) is 3.06. The molecule has 1 amide bonds. The molecule has 34 heavy (non-hydrogen) atoms. The SMILES string of the molecule is COC(=O)[C@H](Cc1ccc(Oc2ccc(/C=C3\SC(=S)N(CC(=O)O)C3=O)cc2F)cc1)NCl. The Bertz CT molecular complexity index is 1160. The van der Waals surface area contributed by atoms with Crippen LogP contribution in [0.25, 0.3) is 6.08 Å². The van der Waals surface area contributed by atoms with E-state index in [0.717, 1.165) is 22.2 Å². The number of carboxylic acid groups (broad SMARTS) is 1. The van der Waals surface area contributed by atoms with Gasteiger partial charge < -0.3 is 14.6 Å². The summed E-state index contributed by atoms with van der Waals surface area (Å²) < 4.78 is 25.0. The van der Waals surface area contributed by atoms with Gasteiger partial charge in [-0.25, -0.2) is 9.23 Å². The Morgan fingerprint density at radius 1 is 1.29 bits per heavy atom. The number of halogens is 2. The Hall–Kier alpha value is -2.99. The molecule has 1 aliphatic heterocycles. The maximum absolute atomic E-state index is 14.6. The predicted octanol–water partition coefficient (Wildman–Crippen LogP) is 3.73. The Labute approximate surface area is 208 Å². The topological polar surface area (TPSA) is 105 Å². The van der Waals surface area contributed by atoms with Crippen molar-refractivity contribution in [1.29, 1.82) is 0 Å². The van der Waals surface area contributed by atoms with Gasteiger partial charge in [0.05, 0.1) is 12.0 Å². The molecule has 1 heterocycles. The van der Waals surface area contributed by atoms with Crippen molar-refractivity contribution in [2.75, 3.05) is 13.7 Å². The second-order valence-corrected chi connectivity index (χ2v) is 8.88.